The average molecular weight is 221 g/mol. The van der Waals surface area contributed by atoms with E-state index in [4.69, 9.17) is 0 Å². The predicted molar refractivity (Wildman–Crippen MR) is 65.7 cm³/mol. The first-order valence-corrected chi connectivity index (χ1v) is 5.43. The molecule has 0 fully saturated rings. The Morgan fingerprint density at radius 3 is 2.75 bits per heavy atom. The molecule has 0 aliphatic carbocycles. The Labute approximate surface area is 96.7 Å². The largest absolute Gasteiger partial charge is 0.362 e. The fraction of sp³-hybridized carbons (Fsp3) is 0.500. The highest BCUT2D eigenvalue weighted by molar-refractivity contribution is 5.98. The van der Waals surface area contributed by atoms with Gasteiger partial charge in [0.15, 0.2) is 0 Å². The third kappa shape index (κ3) is 3.22. The lowest BCUT2D eigenvalue weighted by atomic mass is 10.2. The molecule has 0 radical (unpaired) electrons. The summed E-state index contributed by atoms with van der Waals surface area (Å²) in [6.45, 7) is 4.81. The van der Waals surface area contributed by atoms with Crippen LogP contribution in [0, 0.1) is 5.92 Å². The van der Waals surface area contributed by atoms with Crippen LogP contribution in [0.3, 0.4) is 0 Å². The van der Waals surface area contributed by atoms with Crippen molar-refractivity contribution in [1.82, 2.24) is 10.3 Å². The summed E-state index contributed by atoms with van der Waals surface area (Å²) in [5.41, 5.74) is 0.619. The Morgan fingerprint density at radius 1 is 1.50 bits per heavy atom. The summed E-state index contributed by atoms with van der Waals surface area (Å²) in [5.74, 6) is 1.08. The zero-order chi connectivity index (χ0) is 12.1. The molecule has 0 atom stereocenters. The van der Waals surface area contributed by atoms with Crippen molar-refractivity contribution in [3.63, 3.8) is 0 Å². The first-order chi connectivity index (χ1) is 7.52. The normalized spacial score (nSPS) is 10.3. The van der Waals surface area contributed by atoms with E-state index < -0.39 is 0 Å². The molecular formula is C12H19N3O. The number of nitrogens with zero attached hydrogens (tertiary/aromatic N) is 2. The van der Waals surface area contributed by atoms with E-state index in [1.165, 1.54) is 0 Å². The number of hydrogen-bond acceptors (Lipinski definition) is 3. The van der Waals surface area contributed by atoms with Crippen molar-refractivity contribution in [3.8, 4) is 0 Å². The topological polar surface area (TPSA) is 45.2 Å². The van der Waals surface area contributed by atoms with Gasteiger partial charge in [-0.05, 0) is 18.1 Å². The first kappa shape index (κ1) is 12.5. The molecular weight excluding hydrogens is 202 g/mol. The fourth-order valence-corrected chi connectivity index (χ4v) is 1.32. The van der Waals surface area contributed by atoms with Gasteiger partial charge < -0.3 is 10.2 Å². The Hall–Kier alpha value is -1.58. The minimum absolute atomic E-state index is 0.0644. The van der Waals surface area contributed by atoms with Crippen LogP contribution in [-0.4, -0.2) is 31.5 Å². The lowest BCUT2D eigenvalue weighted by Gasteiger charge is -2.15. The molecule has 1 aromatic rings. The van der Waals surface area contributed by atoms with Crippen molar-refractivity contribution in [2.45, 2.75) is 13.8 Å². The van der Waals surface area contributed by atoms with Gasteiger partial charge in [0, 0.05) is 26.8 Å². The van der Waals surface area contributed by atoms with Crippen molar-refractivity contribution in [1.29, 1.82) is 0 Å². The molecule has 4 heteroatoms. The minimum Gasteiger partial charge on any atom is -0.362 e. The van der Waals surface area contributed by atoms with Gasteiger partial charge in [0.2, 0.25) is 0 Å². The van der Waals surface area contributed by atoms with Crippen molar-refractivity contribution < 1.29 is 4.79 Å². The van der Waals surface area contributed by atoms with Crippen molar-refractivity contribution in [2.75, 3.05) is 25.5 Å². The van der Waals surface area contributed by atoms with Crippen LogP contribution in [0.4, 0.5) is 5.82 Å². The molecule has 16 heavy (non-hydrogen) atoms. The summed E-state index contributed by atoms with van der Waals surface area (Å²) in [6.07, 6.45) is 1.69. The van der Waals surface area contributed by atoms with Crippen molar-refractivity contribution in [3.05, 3.63) is 23.9 Å². The maximum atomic E-state index is 11.9. The summed E-state index contributed by atoms with van der Waals surface area (Å²) in [4.78, 5) is 17.9. The highest BCUT2D eigenvalue weighted by atomic mass is 16.1. The van der Waals surface area contributed by atoms with E-state index in [-0.39, 0.29) is 5.91 Å². The summed E-state index contributed by atoms with van der Waals surface area (Å²) < 4.78 is 0. The van der Waals surface area contributed by atoms with Gasteiger partial charge in [0.1, 0.15) is 5.82 Å². The van der Waals surface area contributed by atoms with E-state index in [1.54, 1.807) is 18.3 Å². The van der Waals surface area contributed by atoms with E-state index in [2.05, 4.69) is 24.1 Å². The van der Waals surface area contributed by atoms with Crippen LogP contribution >= 0.6 is 0 Å². The number of nitrogens with one attached hydrogen (secondary N) is 1. The quantitative estimate of drug-likeness (QED) is 0.838. The Balaban J connectivity index is 2.82. The van der Waals surface area contributed by atoms with Gasteiger partial charge >= 0.3 is 0 Å². The second-order valence-electron chi connectivity index (χ2n) is 4.37. The summed E-state index contributed by atoms with van der Waals surface area (Å²) in [6, 6.07) is 3.56. The molecule has 0 bridgehead atoms. The van der Waals surface area contributed by atoms with Gasteiger partial charge in [0.25, 0.3) is 5.91 Å². The lowest BCUT2D eigenvalue weighted by Crippen LogP contribution is -2.29. The van der Waals surface area contributed by atoms with Crippen LogP contribution in [0.2, 0.25) is 0 Å². The molecule has 0 unspecified atom stereocenters. The maximum Gasteiger partial charge on any atom is 0.255 e. The lowest BCUT2D eigenvalue weighted by molar-refractivity contribution is 0.0949. The van der Waals surface area contributed by atoms with E-state index in [9.17, 15) is 4.79 Å². The summed E-state index contributed by atoms with van der Waals surface area (Å²) in [7, 11) is 3.75. The van der Waals surface area contributed by atoms with Crippen LogP contribution in [0.1, 0.15) is 24.2 Å². The molecule has 0 spiro atoms. The van der Waals surface area contributed by atoms with Gasteiger partial charge in [-0.15, -0.1) is 0 Å². The van der Waals surface area contributed by atoms with Gasteiger partial charge in [0.05, 0.1) is 5.56 Å². The SMILES string of the molecule is CC(C)CNC(=O)c1cccnc1N(C)C. The Kier molecular flexibility index (Phi) is 4.28. The second kappa shape index (κ2) is 5.49. The molecule has 1 N–H and O–H groups in total. The first-order valence-electron chi connectivity index (χ1n) is 5.43. The van der Waals surface area contributed by atoms with E-state index >= 15 is 0 Å². The molecule has 0 saturated heterocycles. The molecule has 88 valence electrons. The average Bonchev–Trinajstić information content (AvgIpc) is 2.25. The predicted octanol–water partition coefficient (Wildman–Crippen LogP) is 1.53. The highest BCUT2D eigenvalue weighted by Crippen LogP contribution is 2.13. The van der Waals surface area contributed by atoms with Gasteiger partial charge in [-0.25, -0.2) is 4.98 Å². The molecule has 1 aromatic heterocycles. The molecule has 0 saturated carbocycles. The summed E-state index contributed by atoms with van der Waals surface area (Å²) in [5, 5.41) is 2.89. The van der Waals surface area contributed by atoms with Crippen molar-refractivity contribution >= 4 is 11.7 Å². The maximum absolute atomic E-state index is 11.9. The number of rotatable bonds is 4. The highest BCUT2D eigenvalue weighted by Gasteiger charge is 2.13. The zero-order valence-corrected chi connectivity index (χ0v) is 10.3. The number of carbonyl (C=O) groups is 1. The number of aromatic nitrogens is 1. The monoisotopic (exact) mass is 221 g/mol. The molecule has 0 aliphatic rings. The fourth-order valence-electron chi connectivity index (χ4n) is 1.32. The van der Waals surface area contributed by atoms with Crippen LogP contribution in [0.5, 0.6) is 0 Å². The molecule has 1 rings (SSSR count). The molecule has 0 aliphatic heterocycles. The molecule has 4 nitrogen and oxygen atoms in total. The summed E-state index contributed by atoms with van der Waals surface area (Å²) >= 11 is 0. The van der Waals surface area contributed by atoms with Crippen LogP contribution in [0.15, 0.2) is 18.3 Å². The molecule has 0 aromatic carbocycles. The Morgan fingerprint density at radius 2 is 2.19 bits per heavy atom. The number of amides is 1. The van der Waals surface area contributed by atoms with Gasteiger partial charge in [-0.1, -0.05) is 13.8 Å². The number of hydrogen-bond donors (Lipinski definition) is 1. The van der Waals surface area contributed by atoms with Crippen LogP contribution < -0.4 is 10.2 Å². The van der Waals surface area contributed by atoms with Gasteiger partial charge in [-0.3, -0.25) is 4.79 Å². The minimum atomic E-state index is -0.0644. The zero-order valence-electron chi connectivity index (χ0n) is 10.3. The number of anilines is 1. The van der Waals surface area contributed by atoms with E-state index in [0.29, 0.717) is 23.8 Å². The van der Waals surface area contributed by atoms with Gasteiger partial charge in [-0.2, -0.15) is 0 Å². The van der Waals surface area contributed by atoms with Crippen LogP contribution in [-0.2, 0) is 0 Å². The number of carbonyl (C=O) groups excluding carboxylic acids is 1. The van der Waals surface area contributed by atoms with E-state index in [0.717, 1.165) is 0 Å². The molecule has 1 amide bonds. The molecule has 1 heterocycles. The van der Waals surface area contributed by atoms with Crippen LogP contribution in [0.25, 0.3) is 0 Å². The smallest absolute Gasteiger partial charge is 0.255 e. The number of pyridine rings is 1. The second-order valence-corrected chi connectivity index (χ2v) is 4.37. The standard InChI is InChI=1S/C12H19N3O/c1-9(2)8-14-12(16)10-6-5-7-13-11(10)15(3)4/h5-7,9H,8H2,1-4H3,(H,14,16). The Bertz CT molecular complexity index is 361. The third-order valence-electron chi connectivity index (χ3n) is 2.13. The van der Waals surface area contributed by atoms with Crippen molar-refractivity contribution in [2.24, 2.45) is 5.92 Å². The third-order valence-corrected chi connectivity index (χ3v) is 2.13. The van der Waals surface area contributed by atoms with E-state index in [1.807, 2.05) is 19.0 Å².